The molecule has 1 aliphatic heterocycles. The highest BCUT2D eigenvalue weighted by atomic mass is 35.5. The Morgan fingerprint density at radius 2 is 1.92 bits per heavy atom. The second kappa shape index (κ2) is 10.9. The van der Waals surface area contributed by atoms with Crippen molar-refractivity contribution in [3.63, 3.8) is 0 Å². The molecule has 1 heterocycles. The van der Waals surface area contributed by atoms with Crippen LogP contribution in [0, 0.1) is 11.8 Å². The van der Waals surface area contributed by atoms with Crippen molar-refractivity contribution in [1.29, 1.82) is 0 Å². The largest absolute Gasteiger partial charge is 0.349 e. The van der Waals surface area contributed by atoms with Crippen molar-refractivity contribution in [3.05, 3.63) is 42.5 Å². The summed E-state index contributed by atoms with van der Waals surface area (Å²) in [6, 6.07) is 6.94. The predicted octanol–water partition coefficient (Wildman–Crippen LogP) is 2.99. The minimum Gasteiger partial charge on any atom is -0.349 e. The topological polar surface area (TPSA) is 70.2 Å². The fourth-order valence-electron chi connectivity index (χ4n) is 3.06. The number of rotatable bonds is 7. The molecular weight excluding hydrogens is 338 g/mol. The quantitative estimate of drug-likeness (QED) is 0.650. The first-order chi connectivity index (χ1) is 11.6. The molecule has 6 heteroatoms. The molecule has 1 fully saturated rings. The summed E-state index contributed by atoms with van der Waals surface area (Å²) in [7, 11) is 0. The van der Waals surface area contributed by atoms with Crippen molar-refractivity contribution in [3.8, 4) is 0 Å². The Morgan fingerprint density at radius 1 is 1.28 bits per heavy atom. The number of carbonyl (C=O) groups is 2. The molecular formula is C19H28ClN3O2. The summed E-state index contributed by atoms with van der Waals surface area (Å²) in [5, 5.41) is 8.99. The molecule has 0 saturated carbocycles. The van der Waals surface area contributed by atoms with Gasteiger partial charge in [-0.15, -0.1) is 19.0 Å². The van der Waals surface area contributed by atoms with Crippen molar-refractivity contribution >= 4 is 29.9 Å². The van der Waals surface area contributed by atoms with Gasteiger partial charge in [0, 0.05) is 24.2 Å². The van der Waals surface area contributed by atoms with E-state index < -0.39 is 0 Å². The van der Waals surface area contributed by atoms with Gasteiger partial charge in [-0.1, -0.05) is 13.0 Å². The zero-order chi connectivity index (χ0) is 17.4. The summed E-state index contributed by atoms with van der Waals surface area (Å²) >= 11 is 0. The van der Waals surface area contributed by atoms with Crippen LogP contribution in [0.2, 0.25) is 0 Å². The molecule has 0 radical (unpaired) electrons. The lowest BCUT2D eigenvalue weighted by Crippen LogP contribution is -2.32. The second-order valence-corrected chi connectivity index (χ2v) is 6.39. The van der Waals surface area contributed by atoms with Gasteiger partial charge in [0.15, 0.2) is 0 Å². The zero-order valence-corrected chi connectivity index (χ0v) is 15.5. The number of benzene rings is 1. The van der Waals surface area contributed by atoms with Crippen molar-refractivity contribution in [2.24, 2.45) is 11.8 Å². The van der Waals surface area contributed by atoms with E-state index in [1.165, 1.54) is 0 Å². The van der Waals surface area contributed by atoms with E-state index in [-0.39, 0.29) is 24.2 Å². The van der Waals surface area contributed by atoms with E-state index in [0.717, 1.165) is 31.6 Å². The zero-order valence-electron chi connectivity index (χ0n) is 14.7. The van der Waals surface area contributed by atoms with Crippen molar-refractivity contribution in [2.75, 3.05) is 25.0 Å². The van der Waals surface area contributed by atoms with E-state index in [1.807, 2.05) is 0 Å². The minimum absolute atomic E-state index is 0. The van der Waals surface area contributed by atoms with Crippen LogP contribution < -0.4 is 16.0 Å². The molecule has 0 spiro atoms. The summed E-state index contributed by atoms with van der Waals surface area (Å²) in [6.45, 7) is 8.25. The van der Waals surface area contributed by atoms with Gasteiger partial charge in [-0.3, -0.25) is 9.59 Å². The molecule has 2 rings (SSSR count). The van der Waals surface area contributed by atoms with E-state index in [4.69, 9.17) is 0 Å². The number of amides is 2. The Labute approximate surface area is 156 Å². The number of piperidine rings is 1. The number of anilines is 1. The van der Waals surface area contributed by atoms with E-state index >= 15 is 0 Å². The number of hydrogen-bond donors (Lipinski definition) is 3. The van der Waals surface area contributed by atoms with E-state index in [0.29, 0.717) is 30.4 Å². The maximum Gasteiger partial charge on any atom is 0.251 e. The highest BCUT2D eigenvalue weighted by molar-refractivity contribution is 5.95. The third-order valence-electron chi connectivity index (χ3n) is 4.53. The molecule has 0 aromatic heterocycles. The van der Waals surface area contributed by atoms with Gasteiger partial charge >= 0.3 is 0 Å². The third-order valence-corrected chi connectivity index (χ3v) is 4.53. The lowest BCUT2D eigenvalue weighted by molar-refractivity contribution is -0.117. The Kier molecular flexibility index (Phi) is 9.24. The fourth-order valence-corrected chi connectivity index (χ4v) is 3.06. The van der Waals surface area contributed by atoms with Gasteiger partial charge in [-0.25, -0.2) is 0 Å². The molecule has 3 N–H and O–H groups in total. The summed E-state index contributed by atoms with van der Waals surface area (Å²) in [6.07, 6.45) is 4.45. The molecule has 0 bridgehead atoms. The van der Waals surface area contributed by atoms with Crippen LogP contribution in [0.25, 0.3) is 0 Å². The maximum atomic E-state index is 12.2. The smallest absolute Gasteiger partial charge is 0.251 e. The Bertz CT molecular complexity index is 569. The van der Waals surface area contributed by atoms with Gasteiger partial charge in [0.1, 0.15) is 0 Å². The van der Waals surface area contributed by atoms with Gasteiger partial charge in [-0.2, -0.15) is 0 Å². The molecule has 2 amide bonds. The monoisotopic (exact) mass is 365 g/mol. The van der Waals surface area contributed by atoms with Gasteiger partial charge in [-0.05, 0) is 62.0 Å². The molecule has 25 heavy (non-hydrogen) atoms. The highest BCUT2D eigenvalue weighted by Gasteiger charge is 2.22. The van der Waals surface area contributed by atoms with Crippen LogP contribution >= 0.6 is 12.4 Å². The van der Waals surface area contributed by atoms with E-state index in [2.05, 4.69) is 29.5 Å². The molecule has 1 atom stereocenters. The average molecular weight is 366 g/mol. The summed E-state index contributed by atoms with van der Waals surface area (Å²) in [5.74, 6) is 0.890. The number of hydrogen-bond acceptors (Lipinski definition) is 3. The Hall–Kier alpha value is -1.85. The van der Waals surface area contributed by atoms with Gasteiger partial charge in [0.25, 0.3) is 5.91 Å². The van der Waals surface area contributed by atoms with Gasteiger partial charge < -0.3 is 16.0 Å². The summed E-state index contributed by atoms with van der Waals surface area (Å²) in [4.78, 5) is 24.0. The van der Waals surface area contributed by atoms with E-state index in [9.17, 15) is 9.59 Å². The summed E-state index contributed by atoms with van der Waals surface area (Å²) < 4.78 is 0. The molecule has 1 aromatic rings. The lowest BCUT2D eigenvalue weighted by atomic mass is 9.84. The molecule has 1 aliphatic rings. The predicted molar refractivity (Wildman–Crippen MR) is 104 cm³/mol. The van der Waals surface area contributed by atoms with Crippen LogP contribution in [0.1, 0.15) is 36.5 Å². The van der Waals surface area contributed by atoms with Crippen LogP contribution in [0.3, 0.4) is 0 Å². The van der Waals surface area contributed by atoms with Crippen LogP contribution in [-0.4, -0.2) is 31.4 Å². The van der Waals surface area contributed by atoms with E-state index in [1.54, 1.807) is 30.3 Å². The van der Waals surface area contributed by atoms with Crippen LogP contribution in [-0.2, 0) is 4.79 Å². The number of nitrogens with one attached hydrogen (secondary N) is 3. The SMILES string of the molecule is C=CCNC(=O)c1ccc(NC(=O)CC(C)C2CCNCC2)cc1.Cl. The normalized spacial score (nSPS) is 15.6. The van der Waals surface area contributed by atoms with Crippen LogP contribution in [0.4, 0.5) is 5.69 Å². The lowest BCUT2D eigenvalue weighted by Gasteiger charge is -2.27. The minimum atomic E-state index is -0.146. The average Bonchev–Trinajstić information content (AvgIpc) is 2.61. The first-order valence-corrected chi connectivity index (χ1v) is 8.60. The second-order valence-electron chi connectivity index (χ2n) is 6.39. The summed E-state index contributed by atoms with van der Waals surface area (Å²) in [5.41, 5.74) is 1.29. The van der Waals surface area contributed by atoms with Crippen molar-refractivity contribution in [1.82, 2.24) is 10.6 Å². The highest BCUT2D eigenvalue weighted by Crippen LogP contribution is 2.24. The third kappa shape index (κ3) is 6.88. The van der Waals surface area contributed by atoms with Crippen LogP contribution in [0.5, 0.6) is 0 Å². The maximum absolute atomic E-state index is 12.2. The standard InChI is InChI=1S/C19H27N3O2.ClH/c1-3-10-21-19(24)16-4-6-17(7-5-16)22-18(23)13-14(2)15-8-11-20-12-9-15;/h3-7,14-15,20H,1,8-13H2,2H3,(H,21,24)(H,22,23);1H. The molecule has 138 valence electrons. The van der Waals surface area contributed by atoms with Crippen molar-refractivity contribution in [2.45, 2.75) is 26.2 Å². The number of carbonyl (C=O) groups excluding carboxylic acids is 2. The Morgan fingerprint density at radius 3 is 2.52 bits per heavy atom. The fraction of sp³-hybridized carbons (Fsp3) is 0.474. The molecule has 0 aliphatic carbocycles. The Balaban J connectivity index is 0.00000312. The van der Waals surface area contributed by atoms with Crippen LogP contribution in [0.15, 0.2) is 36.9 Å². The van der Waals surface area contributed by atoms with Gasteiger partial charge in [0.2, 0.25) is 5.91 Å². The van der Waals surface area contributed by atoms with Crippen molar-refractivity contribution < 1.29 is 9.59 Å². The molecule has 1 aromatic carbocycles. The first-order valence-electron chi connectivity index (χ1n) is 8.60. The number of halogens is 1. The molecule has 5 nitrogen and oxygen atoms in total. The molecule has 1 unspecified atom stereocenters. The molecule has 1 saturated heterocycles. The van der Waals surface area contributed by atoms with Gasteiger partial charge in [0.05, 0.1) is 0 Å². The first kappa shape index (κ1) is 21.2.